The summed E-state index contributed by atoms with van der Waals surface area (Å²) in [7, 11) is -0.542. The van der Waals surface area contributed by atoms with Crippen LogP contribution in [0.1, 0.15) is 27.8 Å². The molecule has 9 heteroatoms. The molecule has 2 aromatic rings. The molecule has 32 heavy (non-hydrogen) atoms. The summed E-state index contributed by atoms with van der Waals surface area (Å²) in [4.78, 5) is 0. The van der Waals surface area contributed by atoms with Crippen LogP contribution in [0.3, 0.4) is 0 Å². The van der Waals surface area contributed by atoms with Gasteiger partial charge in [-0.3, -0.25) is 9.13 Å². The van der Waals surface area contributed by atoms with Crippen molar-refractivity contribution in [1.29, 1.82) is 0 Å². The molecular formula is C23H34IO6P2+. The first kappa shape index (κ1) is 27.7. The zero-order valence-electron chi connectivity index (χ0n) is 19.9. The second-order valence-corrected chi connectivity index (χ2v) is 15.3. The lowest BCUT2D eigenvalue weighted by Crippen LogP contribution is -3.62. The van der Waals surface area contributed by atoms with Gasteiger partial charge in [-0.2, -0.15) is 0 Å². The minimum atomic E-state index is -3.09. The minimum Gasteiger partial charge on any atom is -0.312 e. The van der Waals surface area contributed by atoms with Gasteiger partial charge in [-0.1, -0.05) is 23.8 Å². The van der Waals surface area contributed by atoms with Gasteiger partial charge >= 0.3 is 36.4 Å². The molecule has 2 aromatic carbocycles. The molecule has 0 fully saturated rings. The average molecular weight is 595 g/mol. The van der Waals surface area contributed by atoms with E-state index in [-0.39, 0.29) is 0 Å². The fraction of sp³-hybridized carbons (Fsp3) is 0.478. The molecule has 0 radical (unpaired) electrons. The van der Waals surface area contributed by atoms with E-state index in [9.17, 15) is 9.13 Å². The first-order valence-electron chi connectivity index (χ1n) is 10.3. The number of halogens is 1. The highest BCUT2D eigenvalue weighted by Crippen LogP contribution is 2.47. The number of benzene rings is 2. The van der Waals surface area contributed by atoms with Gasteiger partial charge in [-0.15, -0.1) is 0 Å². The molecule has 0 atom stereocenters. The highest BCUT2D eigenvalue weighted by atomic mass is 127. The maximum atomic E-state index is 12.5. The molecule has 0 N–H and O–H groups in total. The number of rotatable bonds is 12. The third-order valence-corrected chi connectivity index (χ3v) is 12.5. The lowest BCUT2D eigenvalue weighted by Gasteiger charge is -2.15. The van der Waals surface area contributed by atoms with Gasteiger partial charge in [0.15, 0.2) is 7.14 Å². The Hall–Kier alpha value is -0.530. The van der Waals surface area contributed by atoms with Crippen molar-refractivity contribution in [2.75, 3.05) is 40.8 Å². The third-order valence-electron chi connectivity index (χ3n) is 5.26. The highest BCUT2D eigenvalue weighted by Gasteiger charge is 2.26. The smallest absolute Gasteiger partial charge is 0.312 e. The summed E-state index contributed by atoms with van der Waals surface area (Å²) in [5.41, 5.74) is 6.03. The number of hydrogen-bond donors (Lipinski definition) is 0. The van der Waals surface area contributed by atoms with Crippen molar-refractivity contribution >= 4 is 15.2 Å². The largest absolute Gasteiger partial charge is 0.358 e. The van der Waals surface area contributed by atoms with Gasteiger partial charge in [0.2, 0.25) is 0 Å². The molecule has 0 aliphatic rings. The summed E-state index contributed by atoms with van der Waals surface area (Å²) in [5.74, 6) is 0. The van der Waals surface area contributed by atoms with Gasteiger partial charge in [-0.05, 0) is 56.9 Å². The Morgan fingerprint density at radius 2 is 1.09 bits per heavy atom. The van der Waals surface area contributed by atoms with E-state index in [0.29, 0.717) is 25.2 Å². The first-order chi connectivity index (χ1) is 15.1. The second kappa shape index (κ2) is 12.3. The van der Waals surface area contributed by atoms with E-state index < -0.39 is 36.4 Å². The summed E-state index contributed by atoms with van der Waals surface area (Å²) in [6.07, 6.45) is 1.75. The maximum absolute atomic E-state index is 12.5. The lowest BCUT2D eigenvalue weighted by atomic mass is 10.1. The van der Waals surface area contributed by atoms with E-state index in [4.69, 9.17) is 18.1 Å². The van der Waals surface area contributed by atoms with E-state index in [0.717, 1.165) is 11.1 Å². The van der Waals surface area contributed by atoms with Crippen LogP contribution in [0.5, 0.6) is 0 Å². The van der Waals surface area contributed by atoms with Crippen LogP contribution in [0.4, 0.5) is 0 Å². The van der Waals surface area contributed by atoms with E-state index in [2.05, 4.69) is 51.1 Å². The van der Waals surface area contributed by atoms with Crippen LogP contribution in [-0.2, 0) is 40.1 Å². The third kappa shape index (κ3) is 7.76. The molecule has 0 aromatic heterocycles. The minimum absolute atomic E-state index is 0.304. The Bertz CT molecular complexity index is 936. The van der Waals surface area contributed by atoms with Gasteiger partial charge in [0.1, 0.15) is 0 Å². The second-order valence-electron chi connectivity index (χ2n) is 7.67. The number of aryl methyl sites for hydroxylation is 5. The predicted molar refractivity (Wildman–Crippen MR) is 125 cm³/mol. The zero-order valence-corrected chi connectivity index (χ0v) is 23.9. The topological polar surface area (TPSA) is 71.1 Å². The van der Waals surface area contributed by atoms with Gasteiger partial charge in [0.25, 0.3) is 0 Å². The Morgan fingerprint density at radius 1 is 0.688 bits per heavy atom. The van der Waals surface area contributed by atoms with E-state index in [1.54, 1.807) is 0 Å². The summed E-state index contributed by atoms with van der Waals surface area (Å²) in [5, 5.41) is 0. The Labute approximate surface area is 202 Å². The fourth-order valence-electron chi connectivity index (χ4n) is 3.53. The first-order valence-corrected chi connectivity index (χ1v) is 15.9. The van der Waals surface area contributed by atoms with Crippen LogP contribution >= 0.6 is 15.2 Å². The number of hydrogen-bond acceptors (Lipinski definition) is 6. The molecule has 2 rings (SSSR count). The zero-order chi connectivity index (χ0) is 23.9. The molecule has 0 saturated heterocycles. The van der Waals surface area contributed by atoms with Crippen molar-refractivity contribution in [3.8, 4) is 0 Å². The summed E-state index contributed by atoms with van der Waals surface area (Å²) < 4.78 is 48.1. The van der Waals surface area contributed by atoms with Gasteiger partial charge in [0.05, 0.1) is 12.3 Å². The van der Waals surface area contributed by atoms with Gasteiger partial charge in [0, 0.05) is 39.6 Å². The van der Waals surface area contributed by atoms with Crippen LogP contribution in [0.25, 0.3) is 0 Å². The van der Waals surface area contributed by atoms with Crippen molar-refractivity contribution in [2.45, 2.75) is 33.6 Å². The van der Waals surface area contributed by atoms with Crippen LogP contribution in [0.2, 0.25) is 0 Å². The summed E-state index contributed by atoms with van der Waals surface area (Å²) in [6.45, 7) is 6.45. The van der Waals surface area contributed by atoms with Crippen molar-refractivity contribution in [2.24, 2.45) is 0 Å². The SMILES string of the molecule is COP(=O)(CCc1cc(CCP(=O)(OC)OC)cc([I+]c2c(C)cc(C)cc2C)c1)OC. The van der Waals surface area contributed by atoms with Crippen LogP contribution < -0.4 is 21.2 Å². The van der Waals surface area contributed by atoms with Crippen LogP contribution in [0.15, 0.2) is 30.3 Å². The molecule has 178 valence electrons. The quantitative estimate of drug-likeness (QED) is 0.278. The van der Waals surface area contributed by atoms with Crippen LogP contribution in [-0.4, -0.2) is 40.8 Å². The van der Waals surface area contributed by atoms with E-state index in [1.165, 1.54) is 52.3 Å². The molecule has 0 bridgehead atoms. The molecule has 0 heterocycles. The maximum Gasteiger partial charge on any atom is 0.358 e. The van der Waals surface area contributed by atoms with E-state index >= 15 is 0 Å². The van der Waals surface area contributed by atoms with Crippen molar-refractivity contribution < 1.29 is 48.4 Å². The van der Waals surface area contributed by atoms with Crippen molar-refractivity contribution in [3.63, 3.8) is 0 Å². The average Bonchev–Trinajstić information content (AvgIpc) is 2.78. The molecule has 6 nitrogen and oxygen atoms in total. The predicted octanol–water partition coefficient (Wildman–Crippen LogP) is 2.80. The monoisotopic (exact) mass is 595 g/mol. The molecule has 0 unspecified atom stereocenters. The van der Waals surface area contributed by atoms with Crippen LogP contribution in [0, 0.1) is 27.9 Å². The summed E-state index contributed by atoms with van der Waals surface area (Å²) >= 11 is -0.420. The molecular weight excluding hydrogens is 561 g/mol. The van der Waals surface area contributed by atoms with Gasteiger partial charge < -0.3 is 18.1 Å². The highest BCUT2D eigenvalue weighted by molar-refractivity contribution is 7.54. The standard InChI is InChI=1S/C23H34IO6P2/c1-17-12-18(2)23(19(3)13-17)24-22-15-20(8-10-31(25,27-4)28-5)14-21(16-22)9-11-32(26,29-6)30-7/h12-16H,8-11H2,1-7H3/q+1. The fourth-order valence-corrected chi connectivity index (χ4v) is 8.52. The molecule has 0 amide bonds. The Morgan fingerprint density at radius 3 is 1.47 bits per heavy atom. The normalized spacial score (nSPS) is 12.3. The Kier molecular flexibility index (Phi) is 10.6. The molecule has 0 spiro atoms. The molecule has 0 aliphatic heterocycles. The lowest BCUT2D eigenvalue weighted by molar-refractivity contribution is -0.598. The summed E-state index contributed by atoms with van der Waals surface area (Å²) in [6, 6.07) is 10.9. The van der Waals surface area contributed by atoms with Crippen molar-refractivity contribution in [1.82, 2.24) is 0 Å². The Balaban J connectivity index is 2.37. The van der Waals surface area contributed by atoms with Crippen molar-refractivity contribution in [3.05, 3.63) is 65.3 Å². The molecule has 0 aliphatic carbocycles. The van der Waals surface area contributed by atoms with Gasteiger partial charge in [-0.25, -0.2) is 0 Å². The van der Waals surface area contributed by atoms with E-state index in [1.807, 2.05) is 0 Å². The molecule has 0 saturated carbocycles.